The second-order valence-electron chi connectivity index (χ2n) is 7.54. The van der Waals surface area contributed by atoms with Crippen molar-refractivity contribution in [1.82, 2.24) is 29.8 Å². The zero-order valence-corrected chi connectivity index (χ0v) is 18.6. The third-order valence-electron chi connectivity index (χ3n) is 5.29. The predicted octanol–water partition coefficient (Wildman–Crippen LogP) is 4.32. The van der Waals surface area contributed by atoms with E-state index >= 15 is 0 Å². The summed E-state index contributed by atoms with van der Waals surface area (Å²) in [5, 5.41) is 5.94. The summed E-state index contributed by atoms with van der Waals surface area (Å²) in [5.41, 5.74) is 4.85. The first-order valence-electron chi connectivity index (χ1n) is 10.6. The zero-order chi connectivity index (χ0) is 23.5. The third-order valence-corrected chi connectivity index (χ3v) is 5.29. The summed E-state index contributed by atoms with van der Waals surface area (Å²) in [7, 11) is 3.51. The van der Waals surface area contributed by atoms with E-state index in [0.29, 0.717) is 17.4 Å². The van der Waals surface area contributed by atoms with Crippen molar-refractivity contribution in [3.8, 4) is 22.6 Å². The third kappa shape index (κ3) is 4.26. The van der Waals surface area contributed by atoms with Gasteiger partial charge in [0.05, 0.1) is 11.0 Å². The lowest BCUT2D eigenvalue weighted by molar-refractivity contribution is 0.0958. The summed E-state index contributed by atoms with van der Waals surface area (Å²) >= 11 is 0. The van der Waals surface area contributed by atoms with Gasteiger partial charge in [-0.25, -0.2) is 15.0 Å². The number of fused-ring (bicyclic) bond motifs is 1. The number of nitrogens with one attached hydrogen (secondary N) is 2. The van der Waals surface area contributed by atoms with Crippen LogP contribution >= 0.6 is 0 Å². The highest BCUT2D eigenvalue weighted by molar-refractivity contribution is 5.92. The van der Waals surface area contributed by atoms with Crippen LogP contribution in [0.1, 0.15) is 10.5 Å². The number of amides is 1. The fourth-order valence-corrected chi connectivity index (χ4v) is 3.57. The van der Waals surface area contributed by atoms with E-state index in [0.717, 1.165) is 27.8 Å². The number of rotatable bonds is 6. The largest absolute Gasteiger partial charge is 0.457 e. The van der Waals surface area contributed by atoms with Gasteiger partial charge in [0.15, 0.2) is 0 Å². The molecule has 0 bridgehead atoms. The average Bonchev–Trinajstić information content (AvgIpc) is 3.18. The van der Waals surface area contributed by atoms with Crippen molar-refractivity contribution in [2.75, 3.05) is 12.4 Å². The molecule has 34 heavy (non-hydrogen) atoms. The topological polar surface area (TPSA) is 107 Å². The van der Waals surface area contributed by atoms with Gasteiger partial charge in [-0.3, -0.25) is 9.78 Å². The highest BCUT2D eigenvalue weighted by Gasteiger charge is 2.11. The number of carbonyl (C=O) groups excluding carboxylic acids is 1. The number of aryl methyl sites for hydroxylation is 1. The standard InChI is InChI=1S/C25H21N7O2/c1-26-24(33)22-12-20(8-9-29-22)34-19-6-7-23-21(11-19)31-25(32(23)2)30-18-5-3-4-16(10-18)17-13-27-15-28-14-17/h3-15H,1-2H3,(H,26,33)(H,30,31). The van der Waals surface area contributed by atoms with Crippen LogP contribution in [0.3, 0.4) is 0 Å². The first kappa shape index (κ1) is 21.1. The van der Waals surface area contributed by atoms with Crippen molar-refractivity contribution in [1.29, 1.82) is 0 Å². The summed E-state index contributed by atoms with van der Waals surface area (Å²) in [6, 6.07) is 17.0. The molecule has 0 atom stereocenters. The van der Waals surface area contributed by atoms with Crippen LogP contribution < -0.4 is 15.4 Å². The van der Waals surface area contributed by atoms with E-state index < -0.39 is 0 Å². The van der Waals surface area contributed by atoms with Crippen molar-refractivity contribution in [2.45, 2.75) is 0 Å². The monoisotopic (exact) mass is 451 g/mol. The number of pyridine rings is 1. The number of benzene rings is 2. The smallest absolute Gasteiger partial charge is 0.269 e. The van der Waals surface area contributed by atoms with Gasteiger partial charge in [0.1, 0.15) is 23.5 Å². The number of imidazole rings is 1. The first-order chi connectivity index (χ1) is 16.6. The summed E-state index contributed by atoms with van der Waals surface area (Å²) in [4.78, 5) is 28.8. The minimum absolute atomic E-state index is 0.273. The Morgan fingerprint density at radius 2 is 1.79 bits per heavy atom. The summed E-state index contributed by atoms with van der Waals surface area (Å²) < 4.78 is 7.93. The summed E-state index contributed by atoms with van der Waals surface area (Å²) in [5.74, 6) is 1.55. The maximum absolute atomic E-state index is 11.8. The number of anilines is 2. The van der Waals surface area contributed by atoms with Crippen molar-refractivity contribution >= 4 is 28.6 Å². The molecule has 0 saturated heterocycles. The van der Waals surface area contributed by atoms with Crippen LogP contribution in [0, 0.1) is 0 Å². The Morgan fingerprint density at radius 3 is 2.62 bits per heavy atom. The lowest BCUT2D eigenvalue weighted by Crippen LogP contribution is -2.18. The Balaban J connectivity index is 1.40. The van der Waals surface area contributed by atoms with Gasteiger partial charge in [0.25, 0.3) is 5.91 Å². The van der Waals surface area contributed by atoms with Crippen LogP contribution in [-0.2, 0) is 7.05 Å². The molecule has 0 aliphatic heterocycles. The van der Waals surface area contributed by atoms with E-state index in [4.69, 9.17) is 9.72 Å². The molecule has 0 fully saturated rings. The average molecular weight is 451 g/mol. The fraction of sp³-hybridized carbons (Fsp3) is 0.0800. The minimum atomic E-state index is -0.273. The molecule has 1 amide bonds. The van der Waals surface area contributed by atoms with E-state index in [1.807, 2.05) is 54.1 Å². The molecule has 2 aromatic carbocycles. The molecule has 0 aliphatic carbocycles. The number of ether oxygens (including phenoxy) is 1. The van der Waals surface area contributed by atoms with E-state index in [2.05, 4.69) is 25.6 Å². The molecule has 9 heteroatoms. The first-order valence-corrected chi connectivity index (χ1v) is 10.6. The lowest BCUT2D eigenvalue weighted by atomic mass is 10.1. The quantitative estimate of drug-likeness (QED) is 0.396. The molecule has 0 spiro atoms. The fourth-order valence-electron chi connectivity index (χ4n) is 3.57. The summed E-state index contributed by atoms with van der Waals surface area (Å²) in [6.45, 7) is 0. The van der Waals surface area contributed by atoms with Gasteiger partial charge in [-0.05, 0) is 35.9 Å². The van der Waals surface area contributed by atoms with Gasteiger partial charge in [0.2, 0.25) is 5.95 Å². The molecule has 5 rings (SSSR count). The highest BCUT2D eigenvalue weighted by atomic mass is 16.5. The van der Waals surface area contributed by atoms with Crippen molar-refractivity contribution in [2.24, 2.45) is 7.05 Å². The Labute approximate surface area is 195 Å². The number of hydrogen-bond donors (Lipinski definition) is 2. The number of nitrogens with zero attached hydrogens (tertiary/aromatic N) is 5. The van der Waals surface area contributed by atoms with E-state index in [1.54, 1.807) is 31.6 Å². The van der Waals surface area contributed by atoms with Crippen molar-refractivity contribution in [3.05, 3.63) is 85.2 Å². The van der Waals surface area contributed by atoms with Crippen LogP contribution in [0.25, 0.3) is 22.2 Å². The Morgan fingerprint density at radius 1 is 0.971 bits per heavy atom. The molecule has 9 nitrogen and oxygen atoms in total. The highest BCUT2D eigenvalue weighted by Crippen LogP contribution is 2.29. The molecule has 0 saturated carbocycles. The van der Waals surface area contributed by atoms with Gasteiger partial charge in [0, 0.05) is 56.1 Å². The van der Waals surface area contributed by atoms with E-state index in [-0.39, 0.29) is 11.6 Å². The molecule has 3 aromatic heterocycles. The van der Waals surface area contributed by atoms with Crippen molar-refractivity contribution in [3.63, 3.8) is 0 Å². The molecule has 2 N–H and O–H groups in total. The molecule has 168 valence electrons. The number of aromatic nitrogens is 5. The van der Waals surface area contributed by atoms with Gasteiger partial charge in [-0.15, -0.1) is 0 Å². The van der Waals surface area contributed by atoms with Crippen LogP contribution in [0.15, 0.2) is 79.5 Å². The molecule has 3 heterocycles. The second kappa shape index (κ2) is 8.99. The molecular formula is C25H21N7O2. The normalized spacial score (nSPS) is 10.8. The van der Waals surface area contributed by atoms with Gasteiger partial charge in [-0.1, -0.05) is 12.1 Å². The summed E-state index contributed by atoms with van der Waals surface area (Å²) in [6.07, 6.45) is 6.61. The Bertz CT molecular complexity index is 1480. The van der Waals surface area contributed by atoms with Gasteiger partial charge in [-0.2, -0.15) is 0 Å². The van der Waals surface area contributed by atoms with Gasteiger partial charge >= 0.3 is 0 Å². The van der Waals surface area contributed by atoms with E-state index in [9.17, 15) is 4.79 Å². The van der Waals surface area contributed by atoms with Crippen LogP contribution in [-0.4, -0.2) is 37.5 Å². The molecule has 0 aliphatic rings. The molecule has 0 radical (unpaired) electrons. The Kier molecular flexibility index (Phi) is 5.57. The van der Waals surface area contributed by atoms with E-state index in [1.165, 1.54) is 12.5 Å². The van der Waals surface area contributed by atoms with Crippen molar-refractivity contribution < 1.29 is 9.53 Å². The number of hydrogen-bond acceptors (Lipinski definition) is 7. The maximum atomic E-state index is 11.8. The second-order valence-corrected chi connectivity index (χ2v) is 7.54. The van der Waals surface area contributed by atoms with Crippen LogP contribution in [0.4, 0.5) is 11.6 Å². The van der Waals surface area contributed by atoms with Gasteiger partial charge < -0.3 is 19.9 Å². The van der Waals surface area contributed by atoms with Crippen LogP contribution in [0.2, 0.25) is 0 Å². The predicted molar refractivity (Wildman–Crippen MR) is 129 cm³/mol. The zero-order valence-electron chi connectivity index (χ0n) is 18.6. The molecular weight excluding hydrogens is 430 g/mol. The molecule has 0 unspecified atom stereocenters. The molecule has 5 aromatic rings. The van der Waals surface area contributed by atoms with Crippen LogP contribution in [0.5, 0.6) is 11.5 Å². The Hall–Kier alpha value is -4.79. The maximum Gasteiger partial charge on any atom is 0.269 e. The SMILES string of the molecule is CNC(=O)c1cc(Oc2ccc3c(c2)nc(Nc2cccc(-c4cncnc4)c2)n3C)ccn1. The lowest BCUT2D eigenvalue weighted by Gasteiger charge is -2.08. The number of carbonyl (C=O) groups is 1. The minimum Gasteiger partial charge on any atom is -0.457 e.